The molecule has 1 heterocycles. The minimum atomic E-state index is -0.232. The molecule has 0 amide bonds. The Kier molecular flexibility index (Phi) is 12.6. The molecule has 1 aliphatic heterocycles. The van der Waals surface area contributed by atoms with Crippen LogP contribution in [-0.2, 0) is 4.74 Å². The van der Waals surface area contributed by atoms with Crippen LogP contribution >= 0.6 is 24.0 Å². The van der Waals surface area contributed by atoms with Crippen LogP contribution in [0, 0.1) is 0 Å². The summed E-state index contributed by atoms with van der Waals surface area (Å²) in [7, 11) is 1.73. The minimum Gasteiger partial charge on any atom is -0.377 e. The number of methoxy groups -OCH3 is 1. The normalized spacial score (nSPS) is 15.7. The van der Waals surface area contributed by atoms with Gasteiger partial charge in [-0.05, 0) is 52.3 Å². The SMILES string of the molecule is CCNC(=NCC(C)(C)OC)NCCCCN1CCN(c2ccccc2)CC1.I. The van der Waals surface area contributed by atoms with Crippen LogP contribution in [0.25, 0.3) is 0 Å². The second kappa shape index (κ2) is 14.0. The lowest BCUT2D eigenvalue weighted by Gasteiger charge is -2.36. The van der Waals surface area contributed by atoms with E-state index in [-0.39, 0.29) is 29.6 Å². The molecule has 166 valence electrons. The summed E-state index contributed by atoms with van der Waals surface area (Å²) in [6.45, 7) is 14.4. The summed E-state index contributed by atoms with van der Waals surface area (Å²) in [5.41, 5.74) is 1.11. The van der Waals surface area contributed by atoms with E-state index in [1.54, 1.807) is 7.11 Å². The van der Waals surface area contributed by atoms with Crippen LogP contribution in [-0.4, -0.2) is 75.9 Å². The molecule has 29 heavy (non-hydrogen) atoms. The first kappa shape index (κ1) is 26.0. The molecule has 7 heteroatoms. The summed E-state index contributed by atoms with van der Waals surface area (Å²) < 4.78 is 5.44. The van der Waals surface area contributed by atoms with Crippen LogP contribution in [0.15, 0.2) is 35.3 Å². The van der Waals surface area contributed by atoms with Gasteiger partial charge in [0, 0.05) is 52.1 Å². The highest BCUT2D eigenvalue weighted by molar-refractivity contribution is 14.0. The number of anilines is 1. The monoisotopic (exact) mass is 517 g/mol. The van der Waals surface area contributed by atoms with E-state index in [2.05, 4.69) is 76.5 Å². The van der Waals surface area contributed by atoms with E-state index < -0.39 is 0 Å². The summed E-state index contributed by atoms with van der Waals surface area (Å²) in [6.07, 6.45) is 2.36. The van der Waals surface area contributed by atoms with Crippen LogP contribution in [0.1, 0.15) is 33.6 Å². The summed E-state index contributed by atoms with van der Waals surface area (Å²) >= 11 is 0. The number of hydrogen-bond acceptors (Lipinski definition) is 4. The number of guanidine groups is 1. The smallest absolute Gasteiger partial charge is 0.191 e. The number of hydrogen-bond donors (Lipinski definition) is 2. The van der Waals surface area contributed by atoms with E-state index >= 15 is 0 Å². The molecule has 0 atom stereocenters. The molecule has 0 saturated carbocycles. The molecule has 1 saturated heterocycles. The number of para-hydroxylation sites is 1. The van der Waals surface area contributed by atoms with Crippen molar-refractivity contribution >= 4 is 35.6 Å². The minimum absolute atomic E-state index is 0. The number of nitrogens with zero attached hydrogens (tertiary/aromatic N) is 3. The number of nitrogens with one attached hydrogen (secondary N) is 2. The lowest BCUT2D eigenvalue weighted by Crippen LogP contribution is -2.46. The van der Waals surface area contributed by atoms with Crippen molar-refractivity contribution in [3.8, 4) is 0 Å². The second-order valence-electron chi connectivity index (χ2n) is 7.96. The Bertz CT molecular complexity index is 574. The Balaban J connectivity index is 0.00000420. The Morgan fingerprint density at radius 3 is 2.38 bits per heavy atom. The highest BCUT2D eigenvalue weighted by Crippen LogP contribution is 2.15. The maximum Gasteiger partial charge on any atom is 0.191 e. The van der Waals surface area contributed by atoms with Gasteiger partial charge in [-0.25, -0.2) is 0 Å². The van der Waals surface area contributed by atoms with E-state index in [0.717, 1.165) is 51.6 Å². The Morgan fingerprint density at radius 1 is 1.07 bits per heavy atom. The maximum absolute atomic E-state index is 5.44. The van der Waals surface area contributed by atoms with Gasteiger partial charge in [-0.2, -0.15) is 0 Å². The number of unbranched alkanes of at least 4 members (excludes halogenated alkanes) is 1. The van der Waals surface area contributed by atoms with Crippen LogP contribution in [0.3, 0.4) is 0 Å². The van der Waals surface area contributed by atoms with Gasteiger partial charge in [0.05, 0.1) is 12.1 Å². The van der Waals surface area contributed by atoms with Crippen molar-refractivity contribution in [1.82, 2.24) is 15.5 Å². The quantitative estimate of drug-likeness (QED) is 0.216. The van der Waals surface area contributed by atoms with Gasteiger partial charge >= 0.3 is 0 Å². The first-order valence-electron chi connectivity index (χ1n) is 10.6. The first-order chi connectivity index (χ1) is 13.5. The number of benzene rings is 1. The highest BCUT2D eigenvalue weighted by atomic mass is 127. The first-order valence-corrected chi connectivity index (χ1v) is 10.6. The highest BCUT2D eigenvalue weighted by Gasteiger charge is 2.17. The Morgan fingerprint density at radius 2 is 1.76 bits per heavy atom. The van der Waals surface area contributed by atoms with Crippen molar-refractivity contribution < 1.29 is 4.74 Å². The van der Waals surface area contributed by atoms with Crippen molar-refractivity contribution in [1.29, 1.82) is 0 Å². The van der Waals surface area contributed by atoms with E-state index in [1.165, 1.54) is 18.7 Å². The fourth-order valence-corrected chi connectivity index (χ4v) is 3.21. The lowest BCUT2D eigenvalue weighted by molar-refractivity contribution is 0.0310. The van der Waals surface area contributed by atoms with Gasteiger partial charge in [-0.15, -0.1) is 24.0 Å². The number of ether oxygens (including phenoxy) is 1. The maximum atomic E-state index is 5.44. The molecule has 0 aliphatic carbocycles. The van der Waals surface area contributed by atoms with E-state index in [9.17, 15) is 0 Å². The van der Waals surface area contributed by atoms with Gasteiger partial charge in [0.25, 0.3) is 0 Å². The van der Waals surface area contributed by atoms with Crippen molar-refractivity contribution in [2.75, 3.05) is 64.4 Å². The molecule has 1 aromatic rings. The van der Waals surface area contributed by atoms with Crippen molar-refractivity contribution in [2.45, 2.75) is 39.2 Å². The predicted octanol–water partition coefficient (Wildman–Crippen LogP) is 3.19. The molecule has 2 rings (SSSR count). The summed E-state index contributed by atoms with van der Waals surface area (Å²) in [5, 5.41) is 6.75. The van der Waals surface area contributed by atoms with E-state index in [0.29, 0.717) is 6.54 Å². The molecular formula is C22H40IN5O. The number of halogens is 1. The van der Waals surface area contributed by atoms with Gasteiger partial charge in [0.15, 0.2) is 5.96 Å². The van der Waals surface area contributed by atoms with Crippen LogP contribution in [0.2, 0.25) is 0 Å². The number of piperazine rings is 1. The summed E-state index contributed by atoms with van der Waals surface area (Å²) in [5.74, 6) is 0.879. The molecule has 1 aromatic carbocycles. The molecule has 0 bridgehead atoms. The van der Waals surface area contributed by atoms with Gasteiger partial charge in [-0.1, -0.05) is 18.2 Å². The molecule has 0 unspecified atom stereocenters. The van der Waals surface area contributed by atoms with E-state index in [1.807, 2.05) is 0 Å². The standard InChI is InChI=1S/C22H39N5O.HI/c1-5-23-21(25-19-22(2,3)28-4)24-13-9-10-14-26-15-17-27(18-16-26)20-11-7-6-8-12-20;/h6-8,11-12H,5,9-10,13-19H2,1-4H3,(H2,23,24,25);1H. The van der Waals surface area contributed by atoms with Crippen molar-refractivity contribution in [3.63, 3.8) is 0 Å². The fourth-order valence-electron chi connectivity index (χ4n) is 3.21. The van der Waals surface area contributed by atoms with Crippen molar-refractivity contribution in [3.05, 3.63) is 30.3 Å². The predicted molar refractivity (Wildman–Crippen MR) is 135 cm³/mol. The molecule has 1 fully saturated rings. The second-order valence-corrected chi connectivity index (χ2v) is 7.96. The van der Waals surface area contributed by atoms with Gasteiger partial charge in [0.1, 0.15) is 0 Å². The molecule has 2 N–H and O–H groups in total. The zero-order valence-electron chi connectivity index (χ0n) is 18.6. The fraction of sp³-hybridized carbons (Fsp3) is 0.682. The Hall–Kier alpha value is -1.06. The van der Waals surface area contributed by atoms with Crippen LogP contribution in [0.5, 0.6) is 0 Å². The Labute approximate surface area is 194 Å². The third-order valence-electron chi connectivity index (χ3n) is 5.20. The topological polar surface area (TPSA) is 52.1 Å². The molecular weight excluding hydrogens is 477 g/mol. The summed E-state index contributed by atoms with van der Waals surface area (Å²) in [4.78, 5) is 9.70. The van der Waals surface area contributed by atoms with E-state index in [4.69, 9.17) is 4.74 Å². The number of rotatable bonds is 10. The average molecular weight is 518 g/mol. The van der Waals surface area contributed by atoms with Gasteiger partial charge in [-0.3, -0.25) is 9.89 Å². The molecule has 0 aromatic heterocycles. The third kappa shape index (κ3) is 10.00. The zero-order chi connectivity index (χ0) is 20.2. The molecule has 6 nitrogen and oxygen atoms in total. The van der Waals surface area contributed by atoms with Gasteiger partial charge < -0.3 is 20.3 Å². The third-order valence-corrected chi connectivity index (χ3v) is 5.20. The van der Waals surface area contributed by atoms with Crippen molar-refractivity contribution in [2.24, 2.45) is 4.99 Å². The molecule has 0 spiro atoms. The van der Waals surface area contributed by atoms with Gasteiger partial charge in [0.2, 0.25) is 0 Å². The zero-order valence-corrected chi connectivity index (χ0v) is 20.9. The average Bonchev–Trinajstić information content (AvgIpc) is 2.73. The lowest BCUT2D eigenvalue weighted by atomic mass is 10.1. The largest absolute Gasteiger partial charge is 0.377 e. The molecule has 1 aliphatic rings. The van der Waals surface area contributed by atoms with Crippen LogP contribution in [0.4, 0.5) is 5.69 Å². The van der Waals surface area contributed by atoms with Crippen LogP contribution < -0.4 is 15.5 Å². The number of aliphatic imine (C=N–C) groups is 1. The summed E-state index contributed by atoms with van der Waals surface area (Å²) in [6, 6.07) is 10.7. The molecule has 0 radical (unpaired) electrons.